The van der Waals surface area contributed by atoms with E-state index in [1.165, 1.54) is 30.3 Å². The molecule has 0 aliphatic carbocycles. The highest BCUT2D eigenvalue weighted by Crippen LogP contribution is 2.23. The van der Waals surface area contributed by atoms with Crippen molar-refractivity contribution in [2.75, 3.05) is 18.5 Å². The normalized spacial score (nSPS) is 10.4. The molecule has 0 spiro atoms. The topological polar surface area (TPSA) is 97.6 Å². The van der Waals surface area contributed by atoms with Gasteiger partial charge in [0, 0.05) is 11.3 Å². The van der Waals surface area contributed by atoms with Crippen LogP contribution >= 0.6 is 0 Å². The number of rotatable bonds is 7. The summed E-state index contributed by atoms with van der Waals surface area (Å²) in [6.45, 7) is 2.99. The Morgan fingerprint density at radius 2 is 1.71 bits per heavy atom. The van der Waals surface area contributed by atoms with Crippen molar-refractivity contribution >= 4 is 23.5 Å². The summed E-state index contributed by atoms with van der Waals surface area (Å²) in [7, 11) is 0. The summed E-state index contributed by atoms with van der Waals surface area (Å²) in [5.74, 6) is -1.98. The summed E-state index contributed by atoms with van der Waals surface area (Å²) in [5, 5.41) is 5.10. The number of ether oxygens (including phenoxy) is 1. The van der Waals surface area contributed by atoms with E-state index in [0.717, 1.165) is 11.1 Å². The van der Waals surface area contributed by atoms with Crippen LogP contribution in [0.3, 0.4) is 0 Å². The number of aryl methyl sites for hydroxylation is 1. The number of nitrogens with one attached hydrogen (secondary N) is 2. The molecule has 7 nitrogen and oxygen atoms in total. The zero-order valence-electron chi connectivity index (χ0n) is 17.0. The van der Waals surface area contributed by atoms with Crippen LogP contribution in [0.4, 0.5) is 10.1 Å². The van der Waals surface area contributed by atoms with Gasteiger partial charge in [0.2, 0.25) is 11.7 Å². The maximum atomic E-state index is 13.0. The van der Waals surface area contributed by atoms with E-state index in [1.807, 2.05) is 26.0 Å². The molecule has 2 N–H and O–H groups in total. The number of furan rings is 1. The Hall–Kier alpha value is -3.94. The summed E-state index contributed by atoms with van der Waals surface area (Å²) in [6, 6.07) is 14.0. The van der Waals surface area contributed by atoms with Crippen LogP contribution in [0.15, 0.2) is 59.0 Å². The summed E-state index contributed by atoms with van der Waals surface area (Å²) >= 11 is 0. The Labute approximate surface area is 178 Å². The van der Waals surface area contributed by atoms with Crippen LogP contribution in [0.5, 0.6) is 0 Å². The predicted octanol–water partition coefficient (Wildman–Crippen LogP) is 3.61. The molecular weight excluding hydrogens is 403 g/mol. The molecule has 0 aliphatic rings. The first-order chi connectivity index (χ1) is 14.8. The van der Waals surface area contributed by atoms with Crippen LogP contribution in [0.2, 0.25) is 0 Å². The number of anilines is 1. The van der Waals surface area contributed by atoms with Gasteiger partial charge in [0.25, 0.3) is 5.91 Å². The van der Waals surface area contributed by atoms with Gasteiger partial charge in [-0.15, -0.1) is 0 Å². The van der Waals surface area contributed by atoms with Gasteiger partial charge in [-0.05, 0) is 67.4 Å². The standard InChI is InChI=1S/C23H21FN2O5/c1-14-4-3-5-18(15(14)2)26-21(27)12-25-22(28)13-30-23(29)20-11-10-19(31-20)16-6-8-17(24)9-7-16/h3-11H,12-13H2,1-2H3,(H,25,28)(H,26,27). The van der Waals surface area contributed by atoms with Crippen LogP contribution in [0, 0.1) is 19.7 Å². The number of esters is 1. The van der Waals surface area contributed by atoms with E-state index in [9.17, 15) is 18.8 Å². The molecule has 0 aliphatic heterocycles. The number of benzene rings is 2. The maximum Gasteiger partial charge on any atom is 0.374 e. The molecule has 3 rings (SSSR count). The molecule has 3 aromatic rings. The number of hydrogen-bond donors (Lipinski definition) is 2. The summed E-state index contributed by atoms with van der Waals surface area (Å²) in [6.07, 6.45) is 0. The zero-order valence-corrected chi connectivity index (χ0v) is 17.0. The average Bonchev–Trinajstić information content (AvgIpc) is 3.24. The predicted molar refractivity (Wildman–Crippen MR) is 112 cm³/mol. The van der Waals surface area contributed by atoms with Crippen LogP contribution in [0.25, 0.3) is 11.3 Å². The van der Waals surface area contributed by atoms with Crippen LogP contribution in [0.1, 0.15) is 21.7 Å². The van der Waals surface area contributed by atoms with Crippen molar-refractivity contribution in [3.8, 4) is 11.3 Å². The molecule has 0 fully saturated rings. The largest absolute Gasteiger partial charge is 0.450 e. The quantitative estimate of drug-likeness (QED) is 0.565. The second-order valence-corrected chi connectivity index (χ2v) is 6.82. The molecule has 160 valence electrons. The first kappa shape index (κ1) is 21.8. The van der Waals surface area contributed by atoms with Crippen LogP contribution in [-0.4, -0.2) is 30.9 Å². The third kappa shape index (κ3) is 5.79. The fraction of sp³-hybridized carbons (Fsp3) is 0.174. The molecule has 0 saturated carbocycles. The highest BCUT2D eigenvalue weighted by molar-refractivity contribution is 5.96. The van der Waals surface area contributed by atoms with Crippen molar-refractivity contribution in [3.63, 3.8) is 0 Å². The van der Waals surface area contributed by atoms with Gasteiger partial charge in [-0.2, -0.15) is 0 Å². The van der Waals surface area contributed by atoms with Crippen molar-refractivity contribution in [2.45, 2.75) is 13.8 Å². The first-order valence-electron chi connectivity index (χ1n) is 9.49. The minimum absolute atomic E-state index is 0.0974. The molecule has 31 heavy (non-hydrogen) atoms. The van der Waals surface area contributed by atoms with E-state index >= 15 is 0 Å². The van der Waals surface area contributed by atoms with Crippen molar-refractivity contribution < 1.29 is 27.9 Å². The highest BCUT2D eigenvalue weighted by atomic mass is 19.1. The van der Waals surface area contributed by atoms with E-state index < -0.39 is 24.4 Å². The third-order valence-corrected chi connectivity index (χ3v) is 4.60. The second kappa shape index (κ2) is 9.71. The molecule has 2 amide bonds. The highest BCUT2D eigenvalue weighted by Gasteiger charge is 2.16. The molecule has 0 atom stereocenters. The maximum absolute atomic E-state index is 13.0. The number of amides is 2. The lowest BCUT2D eigenvalue weighted by atomic mass is 10.1. The number of carbonyl (C=O) groups excluding carboxylic acids is 3. The van der Waals surface area contributed by atoms with Crippen molar-refractivity contribution in [1.82, 2.24) is 5.32 Å². The molecule has 1 heterocycles. The fourth-order valence-electron chi connectivity index (χ4n) is 2.73. The lowest BCUT2D eigenvalue weighted by Gasteiger charge is -2.11. The van der Waals surface area contributed by atoms with E-state index in [4.69, 9.17) is 9.15 Å². The average molecular weight is 424 g/mol. The van der Waals surface area contributed by atoms with Crippen molar-refractivity contribution in [2.24, 2.45) is 0 Å². The van der Waals surface area contributed by atoms with Gasteiger partial charge in [-0.3, -0.25) is 9.59 Å². The van der Waals surface area contributed by atoms with E-state index in [-0.39, 0.29) is 18.1 Å². The third-order valence-electron chi connectivity index (χ3n) is 4.60. The van der Waals surface area contributed by atoms with Gasteiger partial charge in [-0.25, -0.2) is 9.18 Å². The fourth-order valence-corrected chi connectivity index (χ4v) is 2.73. The SMILES string of the molecule is Cc1cccc(NC(=O)CNC(=O)COC(=O)c2ccc(-c3ccc(F)cc3)o2)c1C. The Kier molecular flexibility index (Phi) is 6.81. The Morgan fingerprint density at radius 3 is 2.45 bits per heavy atom. The van der Waals surface area contributed by atoms with Gasteiger partial charge < -0.3 is 19.8 Å². The van der Waals surface area contributed by atoms with Crippen LogP contribution < -0.4 is 10.6 Å². The Morgan fingerprint density at radius 1 is 0.968 bits per heavy atom. The molecule has 0 radical (unpaired) electrons. The van der Waals surface area contributed by atoms with E-state index in [0.29, 0.717) is 17.0 Å². The second-order valence-electron chi connectivity index (χ2n) is 6.82. The summed E-state index contributed by atoms with van der Waals surface area (Å²) < 4.78 is 23.3. The van der Waals surface area contributed by atoms with Crippen molar-refractivity contribution in [1.29, 1.82) is 0 Å². The molecule has 8 heteroatoms. The van der Waals surface area contributed by atoms with Gasteiger partial charge in [0.1, 0.15) is 11.6 Å². The van der Waals surface area contributed by atoms with Crippen molar-refractivity contribution in [3.05, 3.63) is 77.3 Å². The van der Waals surface area contributed by atoms with E-state index in [2.05, 4.69) is 10.6 Å². The lowest BCUT2D eigenvalue weighted by molar-refractivity contribution is -0.126. The van der Waals surface area contributed by atoms with Gasteiger partial charge in [0.15, 0.2) is 6.61 Å². The van der Waals surface area contributed by atoms with E-state index in [1.54, 1.807) is 12.1 Å². The molecule has 2 aromatic carbocycles. The van der Waals surface area contributed by atoms with Gasteiger partial charge in [-0.1, -0.05) is 12.1 Å². The molecule has 0 unspecified atom stereocenters. The monoisotopic (exact) mass is 424 g/mol. The molecule has 0 bridgehead atoms. The van der Waals surface area contributed by atoms with Gasteiger partial charge >= 0.3 is 5.97 Å². The molecule has 0 saturated heterocycles. The lowest BCUT2D eigenvalue weighted by Crippen LogP contribution is -2.35. The first-order valence-corrected chi connectivity index (χ1v) is 9.49. The molecule has 1 aromatic heterocycles. The Balaban J connectivity index is 1.45. The van der Waals surface area contributed by atoms with Gasteiger partial charge in [0.05, 0.1) is 6.54 Å². The Bertz CT molecular complexity index is 1110. The minimum atomic E-state index is -0.830. The summed E-state index contributed by atoms with van der Waals surface area (Å²) in [4.78, 5) is 36.0. The number of halogens is 1. The zero-order chi connectivity index (χ0) is 22.4. The van der Waals surface area contributed by atoms with Crippen LogP contribution in [-0.2, 0) is 14.3 Å². The summed E-state index contributed by atoms with van der Waals surface area (Å²) in [5.41, 5.74) is 3.23. The smallest absolute Gasteiger partial charge is 0.374 e. The minimum Gasteiger partial charge on any atom is -0.450 e. The number of hydrogen-bond acceptors (Lipinski definition) is 5. The molecular formula is C23H21FN2O5. The number of carbonyl (C=O) groups is 3.